The number of carbonyl (C=O) groups excluding carboxylic acids is 5. The van der Waals surface area contributed by atoms with Crippen molar-refractivity contribution in [2.45, 2.75) is 63.7 Å². The Bertz CT molecular complexity index is 716. The van der Waals surface area contributed by atoms with Crippen molar-refractivity contribution in [1.29, 1.82) is 0 Å². The fraction of sp³-hybridized carbons (Fsp3) is 0.667. The highest BCUT2D eigenvalue weighted by atomic mass is 16.4. The van der Waals surface area contributed by atoms with Gasteiger partial charge in [-0.25, -0.2) is 4.79 Å². The molecule has 0 fully saturated rings. The smallest absolute Gasteiger partial charge is 0.326 e. The summed E-state index contributed by atoms with van der Waals surface area (Å²) >= 11 is 0. The summed E-state index contributed by atoms with van der Waals surface area (Å²) in [7, 11) is 0. The van der Waals surface area contributed by atoms with Crippen molar-refractivity contribution < 1.29 is 39.0 Å². The van der Waals surface area contributed by atoms with Gasteiger partial charge in [0, 0.05) is 6.42 Å². The first-order chi connectivity index (χ1) is 14.8. The van der Waals surface area contributed by atoms with Gasteiger partial charge in [0.05, 0.1) is 19.1 Å². The molecule has 0 saturated heterocycles. The number of nitrogens with one attached hydrogen (secondary N) is 3. The maximum Gasteiger partial charge on any atom is 0.326 e. The van der Waals surface area contributed by atoms with E-state index in [2.05, 4.69) is 16.0 Å². The Morgan fingerprint density at radius 2 is 1.44 bits per heavy atom. The molecule has 5 unspecified atom stereocenters. The SMILES string of the molecule is CCC(C)C(NC(=O)C(CO)NC(=O)C(N)CCC(N)=O)C(=O)NC(CC(N)=O)C(=O)O. The Morgan fingerprint density at radius 1 is 0.875 bits per heavy atom. The van der Waals surface area contributed by atoms with Crippen LogP contribution in [0.1, 0.15) is 39.5 Å². The van der Waals surface area contributed by atoms with Crippen LogP contribution in [0, 0.1) is 5.92 Å². The molecular formula is C18H32N6O8. The lowest BCUT2D eigenvalue weighted by atomic mass is 9.97. The summed E-state index contributed by atoms with van der Waals surface area (Å²) in [5.41, 5.74) is 15.6. The molecule has 0 rings (SSSR count). The van der Waals surface area contributed by atoms with E-state index in [1.54, 1.807) is 13.8 Å². The number of amides is 5. The fourth-order valence-corrected chi connectivity index (χ4v) is 2.52. The number of aliphatic hydroxyl groups excluding tert-OH is 1. The van der Waals surface area contributed by atoms with Crippen molar-refractivity contribution in [3.63, 3.8) is 0 Å². The lowest BCUT2D eigenvalue weighted by Gasteiger charge is -2.27. The van der Waals surface area contributed by atoms with Crippen molar-refractivity contribution in [3.05, 3.63) is 0 Å². The van der Waals surface area contributed by atoms with Crippen LogP contribution in [-0.2, 0) is 28.8 Å². The molecular weight excluding hydrogens is 428 g/mol. The zero-order valence-corrected chi connectivity index (χ0v) is 18.0. The van der Waals surface area contributed by atoms with Gasteiger partial charge in [-0.1, -0.05) is 20.3 Å². The van der Waals surface area contributed by atoms with Crippen LogP contribution >= 0.6 is 0 Å². The van der Waals surface area contributed by atoms with E-state index < -0.39 is 78.6 Å². The molecule has 0 aliphatic rings. The Balaban J connectivity index is 5.30. The molecule has 0 aliphatic carbocycles. The number of primary amides is 2. The molecule has 14 nitrogen and oxygen atoms in total. The molecule has 0 heterocycles. The van der Waals surface area contributed by atoms with Gasteiger partial charge in [0.25, 0.3) is 0 Å². The molecule has 0 radical (unpaired) electrons. The Labute approximate surface area is 184 Å². The van der Waals surface area contributed by atoms with Gasteiger partial charge in [0.2, 0.25) is 29.5 Å². The summed E-state index contributed by atoms with van der Waals surface area (Å²) in [6.45, 7) is 2.51. The third-order valence-electron chi connectivity index (χ3n) is 4.67. The van der Waals surface area contributed by atoms with Gasteiger partial charge in [0.1, 0.15) is 18.1 Å². The van der Waals surface area contributed by atoms with Gasteiger partial charge in [-0.3, -0.25) is 24.0 Å². The molecule has 182 valence electrons. The van der Waals surface area contributed by atoms with E-state index in [4.69, 9.17) is 22.3 Å². The molecule has 0 aromatic rings. The van der Waals surface area contributed by atoms with Crippen LogP contribution in [0.15, 0.2) is 0 Å². The third-order valence-corrected chi connectivity index (χ3v) is 4.67. The molecule has 11 N–H and O–H groups in total. The van der Waals surface area contributed by atoms with Gasteiger partial charge < -0.3 is 43.4 Å². The van der Waals surface area contributed by atoms with Crippen LogP contribution in [0.3, 0.4) is 0 Å². The van der Waals surface area contributed by atoms with Crippen LogP contribution in [0.5, 0.6) is 0 Å². The molecule has 32 heavy (non-hydrogen) atoms. The first-order valence-corrected chi connectivity index (χ1v) is 9.90. The quantitative estimate of drug-likeness (QED) is 0.118. The van der Waals surface area contributed by atoms with E-state index in [0.717, 1.165) is 0 Å². The number of rotatable bonds is 15. The molecule has 0 saturated carbocycles. The number of carboxylic acid groups (broad SMARTS) is 1. The summed E-state index contributed by atoms with van der Waals surface area (Å²) in [6.07, 6.45) is -0.479. The lowest BCUT2D eigenvalue weighted by Crippen LogP contribution is -2.59. The molecule has 0 aromatic carbocycles. The number of carbonyl (C=O) groups is 6. The highest BCUT2D eigenvalue weighted by molar-refractivity contribution is 5.95. The highest BCUT2D eigenvalue weighted by Crippen LogP contribution is 2.09. The van der Waals surface area contributed by atoms with E-state index >= 15 is 0 Å². The molecule has 5 amide bonds. The minimum absolute atomic E-state index is 0.0741. The topological polar surface area (TPSA) is 257 Å². The second-order valence-electron chi connectivity index (χ2n) is 7.30. The van der Waals surface area contributed by atoms with Crippen molar-refractivity contribution in [2.75, 3.05) is 6.61 Å². The first kappa shape index (κ1) is 28.7. The van der Waals surface area contributed by atoms with Crippen LogP contribution in [0.4, 0.5) is 0 Å². The maximum absolute atomic E-state index is 12.6. The number of hydrogen-bond acceptors (Lipinski definition) is 8. The number of aliphatic hydroxyl groups is 1. The largest absolute Gasteiger partial charge is 0.480 e. The van der Waals surface area contributed by atoms with Gasteiger partial charge in [-0.15, -0.1) is 0 Å². The second kappa shape index (κ2) is 13.9. The van der Waals surface area contributed by atoms with E-state index in [1.165, 1.54) is 0 Å². The first-order valence-electron chi connectivity index (χ1n) is 9.90. The fourth-order valence-electron chi connectivity index (χ4n) is 2.52. The number of carboxylic acids is 1. The normalized spacial score (nSPS) is 15.4. The number of hydrogen-bond donors (Lipinski definition) is 8. The molecule has 0 bridgehead atoms. The Hall–Kier alpha value is -3.26. The van der Waals surface area contributed by atoms with Gasteiger partial charge >= 0.3 is 5.97 Å². The summed E-state index contributed by atoms with van der Waals surface area (Å²) in [6, 6.07) is -5.47. The second-order valence-corrected chi connectivity index (χ2v) is 7.30. The summed E-state index contributed by atoms with van der Waals surface area (Å²) < 4.78 is 0. The lowest BCUT2D eigenvalue weighted by molar-refractivity contribution is -0.144. The van der Waals surface area contributed by atoms with Crippen LogP contribution < -0.4 is 33.2 Å². The summed E-state index contributed by atoms with van der Waals surface area (Å²) in [4.78, 5) is 70.4. The van der Waals surface area contributed by atoms with E-state index in [0.29, 0.717) is 6.42 Å². The number of aliphatic carboxylic acids is 1. The van der Waals surface area contributed by atoms with Gasteiger partial charge in [-0.05, 0) is 12.3 Å². The van der Waals surface area contributed by atoms with E-state index in [9.17, 15) is 33.9 Å². The third kappa shape index (κ3) is 10.2. The highest BCUT2D eigenvalue weighted by Gasteiger charge is 2.33. The monoisotopic (exact) mass is 460 g/mol. The summed E-state index contributed by atoms with van der Waals surface area (Å²) in [5.74, 6) is -6.21. The predicted octanol–water partition coefficient (Wildman–Crippen LogP) is -3.97. The Kier molecular flexibility index (Phi) is 12.5. The van der Waals surface area contributed by atoms with Crippen molar-refractivity contribution in [3.8, 4) is 0 Å². The van der Waals surface area contributed by atoms with Crippen LogP contribution in [0.2, 0.25) is 0 Å². The Morgan fingerprint density at radius 3 is 1.88 bits per heavy atom. The number of nitrogens with two attached hydrogens (primary N) is 3. The van der Waals surface area contributed by atoms with Crippen molar-refractivity contribution in [1.82, 2.24) is 16.0 Å². The van der Waals surface area contributed by atoms with Crippen molar-refractivity contribution in [2.24, 2.45) is 23.1 Å². The minimum atomic E-state index is -1.60. The minimum Gasteiger partial charge on any atom is -0.480 e. The molecule has 0 aliphatic heterocycles. The maximum atomic E-state index is 12.6. The zero-order chi connectivity index (χ0) is 25.0. The van der Waals surface area contributed by atoms with Crippen molar-refractivity contribution >= 4 is 35.5 Å². The van der Waals surface area contributed by atoms with Crippen LogP contribution in [-0.4, -0.2) is 76.5 Å². The van der Waals surface area contributed by atoms with E-state index in [-0.39, 0.29) is 12.8 Å². The van der Waals surface area contributed by atoms with E-state index in [1.807, 2.05) is 0 Å². The predicted molar refractivity (Wildman–Crippen MR) is 110 cm³/mol. The standard InChI is InChI=1S/C18H32N6O8/c1-3-8(2)14(17(30)22-10(18(31)32)6-13(21)27)24-16(29)11(7-25)23-15(28)9(19)4-5-12(20)26/h8-11,14,25H,3-7,19H2,1-2H3,(H2,20,26)(H2,21,27)(H,22,30)(H,23,28)(H,24,29)(H,31,32). The molecule has 0 spiro atoms. The van der Waals surface area contributed by atoms with Gasteiger partial charge in [-0.2, -0.15) is 0 Å². The molecule has 14 heteroatoms. The average molecular weight is 460 g/mol. The molecule has 5 atom stereocenters. The van der Waals surface area contributed by atoms with Gasteiger partial charge in [0.15, 0.2) is 0 Å². The van der Waals surface area contributed by atoms with Crippen LogP contribution in [0.25, 0.3) is 0 Å². The average Bonchev–Trinajstić information content (AvgIpc) is 2.71. The summed E-state index contributed by atoms with van der Waals surface area (Å²) in [5, 5.41) is 25.4. The zero-order valence-electron chi connectivity index (χ0n) is 18.0. The molecule has 0 aromatic heterocycles.